The van der Waals surface area contributed by atoms with Gasteiger partial charge in [0.1, 0.15) is 11.9 Å². The van der Waals surface area contributed by atoms with Crippen molar-refractivity contribution in [2.75, 3.05) is 6.61 Å². The average Bonchev–Trinajstić information content (AvgIpc) is 3.08. The lowest BCUT2D eigenvalue weighted by atomic mass is 9.93. The molecule has 1 unspecified atom stereocenters. The summed E-state index contributed by atoms with van der Waals surface area (Å²) in [6.45, 7) is 7.28. The fourth-order valence-electron chi connectivity index (χ4n) is 6.16. The van der Waals surface area contributed by atoms with Crippen LogP contribution in [0, 0.1) is 0 Å². The first-order valence-corrected chi connectivity index (χ1v) is 18.7. The topological polar surface area (TPSA) is 35.5 Å². The molecule has 0 aliphatic carbocycles. The van der Waals surface area contributed by atoms with E-state index in [1.807, 2.05) is 6.92 Å². The Balaban J connectivity index is 1.40. The fraction of sp³-hybridized carbons (Fsp3) is 0.558. The molecule has 3 rings (SSSR count). The Kier molecular flexibility index (Phi) is 18.9. The van der Waals surface area contributed by atoms with Crippen LogP contribution in [-0.4, -0.2) is 12.6 Å². The normalized spacial score (nSPS) is 11.8. The number of hydrogen-bond donors (Lipinski definition) is 0. The van der Waals surface area contributed by atoms with E-state index in [-0.39, 0.29) is 12.1 Å². The van der Waals surface area contributed by atoms with Crippen molar-refractivity contribution < 1.29 is 14.3 Å². The molecule has 3 aromatic rings. The second kappa shape index (κ2) is 23.3. The molecular formula is C43H62O3. The maximum atomic E-state index is 12.5. The molecule has 3 aromatic carbocycles. The fourth-order valence-corrected chi connectivity index (χ4v) is 6.16. The van der Waals surface area contributed by atoms with Gasteiger partial charge in [0.05, 0.1) is 6.61 Å². The van der Waals surface area contributed by atoms with Crippen LogP contribution in [0.15, 0.2) is 72.8 Å². The van der Waals surface area contributed by atoms with Gasteiger partial charge in [-0.15, -0.1) is 0 Å². The number of esters is 1. The predicted molar refractivity (Wildman–Crippen MR) is 196 cm³/mol. The minimum absolute atomic E-state index is 0.0901. The smallest absolute Gasteiger partial charge is 0.306 e. The maximum absolute atomic E-state index is 12.5. The van der Waals surface area contributed by atoms with E-state index < -0.39 is 0 Å². The van der Waals surface area contributed by atoms with Gasteiger partial charge in [-0.25, -0.2) is 0 Å². The van der Waals surface area contributed by atoms with Crippen molar-refractivity contribution in [3.63, 3.8) is 0 Å². The average molecular weight is 627 g/mol. The SMILES string of the molecule is CCCCCCCCCCCCCC(=O)OC(C)c1ccc(-c2ccccc2-c2ccc(OCCCCCCCCC)cc2)cc1. The van der Waals surface area contributed by atoms with Crippen LogP contribution in [0.3, 0.4) is 0 Å². The minimum atomic E-state index is -0.252. The van der Waals surface area contributed by atoms with Crippen molar-refractivity contribution in [1.82, 2.24) is 0 Å². The van der Waals surface area contributed by atoms with E-state index in [0.717, 1.165) is 42.7 Å². The monoisotopic (exact) mass is 626 g/mol. The lowest BCUT2D eigenvalue weighted by Gasteiger charge is -2.15. The highest BCUT2D eigenvalue weighted by Gasteiger charge is 2.13. The summed E-state index contributed by atoms with van der Waals surface area (Å²) >= 11 is 0. The molecule has 0 amide bonds. The molecule has 0 saturated heterocycles. The van der Waals surface area contributed by atoms with Crippen LogP contribution in [-0.2, 0) is 9.53 Å². The van der Waals surface area contributed by atoms with E-state index in [4.69, 9.17) is 9.47 Å². The Bertz CT molecular complexity index is 1200. The van der Waals surface area contributed by atoms with E-state index in [0.29, 0.717) is 6.42 Å². The number of rotatable bonds is 25. The highest BCUT2D eigenvalue weighted by Crippen LogP contribution is 2.34. The van der Waals surface area contributed by atoms with Crippen molar-refractivity contribution in [3.05, 3.63) is 78.4 Å². The molecule has 0 aliphatic heterocycles. The molecule has 46 heavy (non-hydrogen) atoms. The molecule has 0 radical (unpaired) electrons. The Labute approximate surface area is 281 Å². The van der Waals surface area contributed by atoms with Crippen molar-refractivity contribution in [3.8, 4) is 28.0 Å². The zero-order chi connectivity index (χ0) is 32.7. The van der Waals surface area contributed by atoms with Gasteiger partial charge >= 0.3 is 5.97 Å². The molecule has 3 nitrogen and oxygen atoms in total. The molecule has 0 bridgehead atoms. The molecule has 252 valence electrons. The van der Waals surface area contributed by atoms with Crippen LogP contribution in [0.4, 0.5) is 0 Å². The number of carbonyl (C=O) groups excluding carboxylic acids is 1. The van der Waals surface area contributed by atoms with Crippen molar-refractivity contribution in [2.45, 2.75) is 149 Å². The third-order valence-electron chi connectivity index (χ3n) is 9.09. The number of unbranched alkanes of at least 4 members (excludes halogenated alkanes) is 16. The molecule has 1 atom stereocenters. The van der Waals surface area contributed by atoms with Crippen LogP contribution < -0.4 is 4.74 Å². The third kappa shape index (κ3) is 14.6. The van der Waals surface area contributed by atoms with E-state index in [1.165, 1.54) is 113 Å². The van der Waals surface area contributed by atoms with Crippen LogP contribution in [0.1, 0.15) is 154 Å². The molecule has 0 fully saturated rings. The van der Waals surface area contributed by atoms with Gasteiger partial charge in [0.2, 0.25) is 0 Å². The van der Waals surface area contributed by atoms with Gasteiger partial charge in [-0.2, -0.15) is 0 Å². The number of ether oxygens (including phenoxy) is 2. The first-order chi connectivity index (χ1) is 22.6. The minimum Gasteiger partial charge on any atom is -0.494 e. The van der Waals surface area contributed by atoms with Crippen LogP contribution >= 0.6 is 0 Å². The molecule has 0 saturated carbocycles. The molecule has 0 heterocycles. The van der Waals surface area contributed by atoms with Crippen molar-refractivity contribution >= 4 is 5.97 Å². The Morgan fingerprint density at radius 3 is 1.48 bits per heavy atom. The maximum Gasteiger partial charge on any atom is 0.306 e. The summed E-state index contributed by atoms with van der Waals surface area (Å²) in [5.74, 6) is 0.844. The zero-order valence-corrected chi connectivity index (χ0v) is 29.4. The van der Waals surface area contributed by atoms with Gasteiger partial charge in [0.15, 0.2) is 0 Å². The second-order valence-electron chi connectivity index (χ2n) is 13.1. The number of carbonyl (C=O) groups is 1. The van der Waals surface area contributed by atoms with Crippen molar-refractivity contribution in [2.24, 2.45) is 0 Å². The summed E-state index contributed by atoms with van der Waals surface area (Å²) < 4.78 is 11.8. The van der Waals surface area contributed by atoms with Gasteiger partial charge in [-0.1, -0.05) is 177 Å². The second-order valence-corrected chi connectivity index (χ2v) is 13.1. The standard InChI is InChI=1S/C43H62O3/c1-4-6-8-10-12-13-14-15-16-18-20-26-43(44)46-36(3)37-27-29-38(30-28-37)41-24-21-22-25-42(41)39-31-33-40(34-32-39)45-35-23-19-17-11-9-7-5-2/h21-22,24-25,27-34,36H,4-20,23,26,35H2,1-3H3. The Morgan fingerprint density at radius 2 is 0.978 bits per heavy atom. The van der Waals surface area contributed by atoms with Crippen molar-refractivity contribution in [1.29, 1.82) is 0 Å². The first kappa shape index (κ1) is 37.4. The van der Waals surface area contributed by atoms with E-state index in [2.05, 4.69) is 86.6 Å². The summed E-state index contributed by atoms with van der Waals surface area (Å²) in [5.41, 5.74) is 5.73. The highest BCUT2D eigenvalue weighted by atomic mass is 16.5. The summed E-state index contributed by atoms with van der Waals surface area (Å²) in [6.07, 6.45) is 23.3. The molecule has 0 aromatic heterocycles. The number of hydrogen-bond acceptors (Lipinski definition) is 3. The first-order valence-electron chi connectivity index (χ1n) is 18.7. The summed E-state index contributed by atoms with van der Waals surface area (Å²) in [7, 11) is 0. The van der Waals surface area contributed by atoms with Gasteiger partial charge < -0.3 is 9.47 Å². The van der Waals surface area contributed by atoms with Gasteiger partial charge in [0.25, 0.3) is 0 Å². The van der Waals surface area contributed by atoms with E-state index in [9.17, 15) is 4.79 Å². The third-order valence-corrected chi connectivity index (χ3v) is 9.09. The molecule has 0 aliphatic rings. The zero-order valence-electron chi connectivity index (χ0n) is 29.4. The van der Waals surface area contributed by atoms with Crippen LogP contribution in [0.5, 0.6) is 5.75 Å². The van der Waals surface area contributed by atoms with Crippen LogP contribution in [0.25, 0.3) is 22.3 Å². The summed E-state index contributed by atoms with van der Waals surface area (Å²) in [4.78, 5) is 12.5. The van der Waals surface area contributed by atoms with E-state index in [1.54, 1.807) is 0 Å². The largest absolute Gasteiger partial charge is 0.494 e. The quantitative estimate of drug-likeness (QED) is 0.0693. The van der Waals surface area contributed by atoms with Gasteiger partial charge in [0, 0.05) is 6.42 Å². The lowest BCUT2D eigenvalue weighted by molar-refractivity contribution is -0.148. The summed E-state index contributed by atoms with van der Waals surface area (Å²) in [5, 5.41) is 0. The Hall–Kier alpha value is -3.07. The van der Waals surface area contributed by atoms with E-state index >= 15 is 0 Å². The van der Waals surface area contributed by atoms with Gasteiger partial charge in [-0.05, 0) is 59.7 Å². The highest BCUT2D eigenvalue weighted by molar-refractivity contribution is 5.83. The lowest BCUT2D eigenvalue weighted by Crippen LogP contribution is -2.08. The molecule has 3 heteroatoms. The number of benzene rings is 3. The Morgan fingerprint density at radius 1 is 0.543 bits per heavy atom. The molecule has 0 N–H and O–H groups in total. The van der Waals surface area contributed by atoms with Crippen LogP contribution in [0.2, 0.25) is 0 Å². The predicted octanol–water partition coefficient (Wildman–Crippen LogP) is 13.5. The summed E-state index contributed by atoms with van der Waals surface area (Å²) in [6, 6.07) is 25.5. The van der Waals surface area contributed by atoms with Gasteiger partial charge in [-0.3, -0.25) is 4.79 Å². The molecular weight excluding hydrogens is 564 g/mol. The molecule has 0 spiro atoms.